The zero-order chi connectivity index (χ0) is 13.7. The Hall–Kier alpha value is -0.780. The maximum Gasteiger partial charge on any atom is 0.224 e. The van der Waals surface area contributed by atoms with E-state index >= 15 is 0 Å². The average Bonchev–Trinajstić information content (AvgIpc) is 2.93. The highest BCUT2D eigenvalue weighted by atomic mass is 79.9. The molecule has 0 spiro atoms. The predicted octanol–water partition coefficient (Wildman–Crippen LogP) is 2.36. The van der Waals surface area contributed by atoms with E-state index in [1.54, 1.807) is 0 Å². The van der Waals surface area contributed by atoms with Crippen LogP contribution in [-0.2, 0) is 4.79 Å². The van der Waals surface area contributed by atoms with Crippen LogP contribution in [0.2, 0.25) is 0 Å². The smallest absolute Gasteiger partial charge is 0.224 e. The highest BCUT2D eigenvalue weighted by Gasteiger charge is 2.22. The zero-order valence-electron chi connectivity index (χ0n) is 11.4. The van der Waals surface area contributed by atoms with Gasteiger partial charge in [-0.15, -0.1) is 12.4 Å². The monoisotopic (exact) mass is 362 g/mol. The number of rotatable bonds is 5. The molecule has 1 fully saturated rings. The van der Waals surface area contributed by atoms with Crippen molar-refractivity contribution in [3.63, 3.8) is 0 Å². The fourth-order valence-electron chi connectivity index (χ4n) is 2.07. The zero-order valence-corrected chi connectivity index (χ0v) is 13.8. The van der Waals surface area contributed by atoms with Crippen molar-refractivity contribution in [3.05, 3.63) is 28.7 Å². The molecule has 2 unspecified atom stereocenters. The molecule has 4 nitrogen and oxygen atoms in total. The third-order valence-electron chi connectivity index (χ3n) is 3.16. The second kappa shape index (κ2) is 8.49. The van der Waals surface area contributed by atoms with Crippen molar-refractivity contribution in [2.75, 3.05) is 19.6 Å². The number of ether oxygens (including phenoxy) is 1. The quantitative estimate of drug-likeness (QED) is 0.844. The maximum absolute atomic E-state index is 11.9. The molecule has 6 heteroatoms. The molecule has 0 aliphatic carbocycles. The largest absolute Gasteiger partial charge is 0.488 e. The summed E-state index contributed by atoms with van der Waals surface area (Å²) in [6.07, 6.45) is 0.864. The number of benzene rings is 1. The van der Waals surface area contributed by atoms with Gasteiger partial charge in [0.05, 0.1) is 16.9 Å². The van der Waals surface area contributed by atoms with Crippen LogP contribution in [0.3, 0.4) is 0 Å². The molecular formula is C14H20BrClN2O2. The van der Waals surface area contributed by atoms with E-state index < -0.39 is 0 Å². The summed E-state index contributed by atoms with van der Waals surface area (Å²) in [7, 11) is 0. The Bertz CT molecular complexity index is 439. The van der Waals surface area contributed by atoms with E-state index in [0.29, 0.717) is 6.54 Å². The van der Waals surface area contributed by atoms with E-state index in [0.717, 1.165) is 29.7 Å². The van der Waals surface area contributed by atoms with Crippen LogP contribution in [0.25, 0.3) is 0 Å². The summed E-state index contributed by atoms with van der Waals surface area (Å²) in [6.45, 7) is 4.19. The Kier molecular flexibility index (Phi) is 7.34. The highest BCUT2D eigenvalue weighted by Crippen LogP contribution is 2.24. The lowest BCUT2D eigenvalue weighted by atomic mass is 10.1. The van der Waals surface area contributed by atoms with Crippen molar-refractivity contribution in [2.45, 2.75) is 19.4 Å². The van der Waals surface area contributed by atoms with Crippen molar-refractivity contribution >= 4 is 34.2 Å². The number of amides is 1. The van der Waals surface area contributed by atoms with Gasteiger partial charge in [-0.1, -0.05) is 12.1 Å². The topological polar surface area (TPSA) is 50.4 Å². The van der Waals surface area contributed by atoms with Crippen LogP contribution in [0.15, 0.2) is 28.7 Å². The van der Waals surface area contributed by atoms with E-state index in [-0.39, 0.29) is 30.3 Å². The molecule has 1 amide bonds. The van der Waals surface area contributed by atoms with Gasteiger partial charge in [-0.05, 0) is 48.0 Å². The van der Waals surface area contributed by atoms with Gasteiger partial charge in [-0.2, -0.15) is 0 Å². The lowest BCUT2D eigenvalue weighted by molar-refractivity contribution is -0.124. The second-order valence-electron chi connectivity index (χ2n) is 4.79. The Labute approximate surface area is 134 Å². The summed E-state index contributed by atoms with van der Waals surface area (Å²) in [6, 6.07) is 7.71. The van der Waals surface area contributed by atoms with Crippen LogP contribution in [-0.4, -0.2) is 31.6 Å². The Morgan fingerprint density at radius 2 is 2.30 bits per heavy atom. The minimum absolute atomic E-state index is 0. The molecule has 2 N–H and O–H groups in total. The maximum atomic E-state index is 11.9. The van der Waals surface area contributed by atoms with Crippen LogP contribution in [0, 0.1) is 5.92 Å². The molecule has 2 rings (SSSR count). The number of carbonyl (C=O) groups is 1. The second-order valence-corrected chi connectivity index (χ2v) is 5.65. The van der Waals surface area contributed by atoms with Gasteiger partial charge in [0, 0.05) is 6.54 Å². The third kappa shape index (κ3) is 4.96. The van der Waals surface area contributed by atoms with Crippen molar-refractivity contribution in [1.29, 1.82) is 0 Å². The molecule has 1 aromatic carbocycles. The molecule has 1 aromatic rings. The summed E-state index contributed by atoms with van der Waals surface area (Å²) in [4.78, 5) is 11.9. The van der Waals surface area contributed by atoms with Gasteiger partial charge in [0.1, 0.15) is 11.9 Å². The fraction of sp³-hybridized carbons (Fsp3) is 0.500. The summed E-state index contributed by atoms with van der Waals surface area (Å²) in [5, 5.41) is 6.13. The summed E-state index contributed by atoms with van der Waals surface area (Å²) in [5.74, 6) is 1.02. The number of nitrogens with one attached hydrogen (secondary N) is 2. The minimum Gasteiger partial charge on any atom is -0.488 e. The number of halogens is 2. The Balaban J connectivity index is 0.00000200. The summed E-state index contributed by atoms with van der Waals surface area (Å²) in [5.41, 5.74) is 0. The van der Waals surface area contributed by atoms with Gasteiger partial charge in [-0.25, -0.2) is 0 Å². The molecule has 2 atom stereocenters. The van der Waals surface area contributed by atoms with Crippen LogP contribution in [0.4, 0.5) is 0 Å². The number of hydrogen-bond acceptors (Lipinski definition) is 3. The SMILES string of the molecule is CC(CNC(=O)C1CCNC1)Oc1ccccc1Br.Cl. The van der Waals surface area contributed by atoms with Gasteiger partial charge < -0.3 is 15.4 Å². The molecule has 112 valence electrons. The van der Waals surface area contributed by atoms with E-state index in [1.807, 2.05) is 31.2 Å². The Morgan fingerprint density at radius 3 is 2.95 bits per heavy atom. The molecule has 1 saturated heterocycles. The molecule has 1 aliphatic rings. The van der Waals surface area contributed by atoms with Gasteiger partial charge in [0.15, 0.2) is 0 Å². The average molecular weight is 364 g/mol. The predicted molar refractivity (Wildman–Crippen MR) is 85.5 cm³/mol. The first-order valence-electron chi connectivity index (χ1n) is 6.56. The Morgan fingerprint density at radius 1 is 1.55 bits per heavy atom. The van der Waals surface area contributed by atoms with Crippen LogP contribution in [0.1, 0.15) is 13.3 Å². The van der Waals surface area contributed by atoms with Crippen molar-refractivity contribution in [3.8, 4) is 5.75 Å². The summed E-state index contributed by atoms with van der Waals surface area (Å²) >= 11 is 3.44. The normalized spacial score (nSPS) is 19.0. The molecule has 0 radical (unpaired) electrons. The number of para-hydroxylation sites is 1. The first-order valence-corrected chi connectivity index (χ1v) is 7.35. The van der Waals surface area contributed by atoms with Gasteiger partial charge in [-0.3, -0.25) is 4.79 Å². The van der Waals surface area contributed by atoms with Crippen molar-refractivity contribution in [1.82, 2.24) is 10.6 Å². The molecule has 0 saturated carbocycles. The van der Waals surface area contributed by atoms with Gasteiger partial charge >= 0.3 is 0 Å². The highest BCUT2D eigenvalue weighted by molar-refractivity contribution is 9.10. The minimum atomic E-state index is -0.0583. The molecule has 20 heavy (non-hydrogen) atoms. The van der Waals surface area contributed by atoms with Gasteiger partial charge in [0.25, 0.3) is 0 Å². The van der Waals surface area contributed by atoms with E-state index in [1.165, 1.54) is 0 Å². The molecule has 1 heterocycles. The van der Waals surface area contributed by atoms with Gasteiger partial charge in [0.2, 0.25) is 5.91 Å². The standard InChI is InChI=1S/C14H19BrN2O2.ClH/c1-10(19-13-5-3-2-4-12(13)15)8-17-14(18)11-6-7-16-9-11;/h2-5,10-11,16H,6-9H2,1H3,(H,17,18);1H. The van der Waals surface area contributed by atoms with E-state index in [9.17, 15) is 4.79 Å². The lowest BCUT2D eigenvalue weighted by Gasteiger charge is -2.17. The van der Waals surface area contributed by atoms with Crippen molar-refractivity contribution in [2.24, 2.45) is 5.92 Å². The molecule has 0 bridgehead atoms. The van der Waals surface area contributed by atoms with E-state index in [2.05, 4.69) is 26.6 Å². The van der Waals surface area contributed by atoms with Crippen molar-refractivity contribution < 1.29 is 9.53 Å². The fourth-order valence-corrected chi connectivity index (χ4v) is 2.44. The lowest BCUT2D eigenvalue weighted by Crippen LogP contribution is -2.38. The third-order valence-corrected chi connectivity index (χ3v) is 3.81. The molecular weight excluding hydrogens is 344 g/mol. The molecule has 1 aliphatic heterocycles. The van der Waals surface area contributed by atoms with Crippen LogP contribution < -0.4 is 15.4 Å². The molecule has 0 aromatic heterocycles. The number of carbonyl (C=O) groups excluding carboxylic acids is 1. The van der Waals surface area contributed by atoms with Crippen LogP contribution >= 0.6 is 28.3 Å². The summed E-state index contributed by atoms with van der Waals surface area (Å²) < 4.78 is 6.71. The first-order chi connectivity index (χ1) is 9.16. The van der Waals surface area contributed by atoms with E-state index in [4.69, 9.17) is 4.74 Å². The first kappa shape index (κ1) is 17.3. The van der Waals surface area contributed by atoms with Crippen LogP contribution in [0.5, 0.6) is 5.75 Å². The number of hydrogen-bond donors (Lipinski definition) is 2.